The molecule has 0 amide bonds. The van der Waals surface area contributed by atoms with Crippen LogP contribution in [0.2, 0.25) is 0 Å². The van der Waals surface area contributed by atoms with E-state index in [0.717, 1.165) is 17.6 Å². The molecule has 0 spiro atoms. The van der Waals surface area contributed by atoms with Gasteiger partial charge in [0.2, 0.25) is 10.0 Å². The van der Waals surface area contributed by atoms with Crippen molar-refractivity contribution in [2.75, 3.05) is 0 Å². The zero-order chi connectivity index (χ0) is 14.4. The van der Waals surface area contributed by atoms with Crippen LogP contribution in [-0.4, -0.2) is 19.4 Å². The van der Waals surface area contributed by atoms with E-state index in [1.165, 1.54) is 22.3 Å². The number of rotatable bonds is 3. The summed E-state index contributed by atoms with van der Waals surface area (Å²) in [7, 11) is -3.39. The minimum atomic E-state index is -3.39. The molecule has 6 heteroatoms. The molecule has 0 saturated carbocycles. The first-order chi connectivity index (χ1) is 10.1. The van der Waals surface area contributed by atoms with Crippen LogP contribution < -0.4 is 4.72 Å². The molecule has 4 nitrogen and oxygen atoms in total. The molecule has 108 valence electrons. The Kier molecular flexibility index (Phi) is 2.92. The van der Waals surface area contributed by atoms with Crippen LogP contribution in [0.15, 0.2) is 46.0 Å². The average Bonchev–Trinajstić information content (AvgIpc) is 3.12. The molecule has 1 aliphatic rings. The molecular weight excluding hydrogens is 304 g/mol. The van der Waals surface area contributed by atoms with E-state index in [-0.39, 0.29) is 6.04 Å². The molecule has 3 aromatic rings. The predicted octanol–water partition coefficient (Wildman–Crippen LogP) is 2.68. The molecule has 0 aliphatic heterocycles. The first kappa shape index (κ1) is 13.1. The van der Waals surface area contributed by atoms with Gasteiger partial charge in [0.05, 0.1) is 0 Å². The summed E-state index contributed by atoms with van der Waals surface area (Å²) >= 11 is 1.24. The summed E-state index contributed by atoms with van der Waals surface area (Å²) in [5, 5.41) is 2.98. The minimum Gasteiger partial charge on any atom is -0.358 e. The van der Waals surface area contributed by atoms with Gasteiger partial charge in [-0.2, -0.15) is 0 Å². The van der Waals surface area contributed by atoms with E-state index in [1.54, 1.807) is 17.5 Å². The van der Waals surface area contributed by atoms with Crippen molar-refractivity contribution in [1.29, 1.82) is 0 Å². The number of aromatic nitrogens is 1. The molecule has 0 bridgehead atoms. The molecule has 1 atom stereocenters. The number of hydrogen-bond donors (Lipinski definition) is 2. The van der Waals surface area contributed by atoms with Crippen molar-refractivity contribution in [2.24, 2.45) is 0 Å². The third-order valence-corrected chi connectivity index (χ3v) is 6.80. The van der Waals surface area contributed by atoms with E-state index in [4.69, 9.17) is 0 Å². The highest BCUT2D eigenvalue weighted by atomic mass is 32.2. The van der Waals surface area contributed by atoms with Crippen LogP contribution in [0.1, 0.15) is 11.3 Å². The van der Waals surface area contributed by atoms with Gasteiger partial charge in [0.25, 0.3) is 0 Å². The van der Waals surface area contributed by atoms with Crippen LogP contribution in [0.4, 0.5) is 0 Å². The Morgan fingerprint density at radius 2 is 2.00 bits per heavy atom. The lowest BCUT2D eigenvalue weighted by molar-refractivity contribution is 0.557. The van der Waals surface area contributed by atoms with Crippen molar-refractivity contribution >= 4 is 32.3 Å². The minimum absolute atomic E-state index is 0.0667. The highest BCUT2D eigenvalue weighted by Crippen LogP contribution is 2.30. The molecule has 21 heavy (non-hydrogen) atoms. The number of benzene rings is 1. The molecule has 0 saturated heterocycles. The van der Waals surface area contributed by atoms with Gasteiger partial charge in [0, 0.05) is 29.1 Å². The first-order valence-corrected chi connectivity index (χ1v) is 9.14. The maximum absolute atomic E-state index is 12.3. The lowest BCUT2D eigenvalue weighted by Gasteiger charge is -2.11. The van der Waals surface area contributed by atoms with Crippen molar-refractivity contribution < 1.29 is 8.42 Å². The fourth-order valence-electron chi connectivity index (χ4n) is 3.01. The fourth-order valence-corrected chi connectivity index (χ4v) is 5.25. The highest BCUT2D eigenvalue weighted by molar-refractivity contribution is 7.91. The Morgan fingerprint density at radius 3 is 2.81 bits per heavy atom. The number of thiophene rings is 1. The second-order valence-corrected chi connectivity index (χ2v) is 8.17. The summed E-state index contributed by atoms with van der Waals surface area (Å²) in [6, 6.07) is 11.5. The van der Waals surface area contributed by atoms with Gasteiger partial charge >= 0.3 is 0 Å². The summed E-state index contributed by atoms with van der Waals surface area (Å²) in [6.07, 6.45) is 1.46. The third-order valence-electron chi connectivity index (χ3n) is 3.88. The second-order valence-electron chi connectivity index (χ2n) is 5.29. The van der Waals surface area contributed by atoms with E-state index in [9.17, 15) is 8.42 Å². The fraction of sp³-hybridized carbons (Fsp3) is 0.200. The lowest BCUT2D eigenvalue weighted by atomic mass is 10.1. The van der Waals surface area contributed by atoms with Gasteiger partial charge in [-0.1, -0.05) is 24.3 Å². The number of H-pyrrole nitrogens is 1. The van der Waals surface area contributed by atoms with E-state index >= 15 is 0 Å². The molecule has 2 aromatic heterocycles. The SMILES string of the molecule is O=S(=O)(NC1Cc2[nH]c3ccccc3c2C1)c1cccs1. The molecule has 0 fully saturated rings. The van der Waals surface area contributed by atoms with E-state index in [0.29, 0.717) is 10.6 Å². The van der Waals surface area contributed by atoms with Crippen molar-refractivity contribution in [2.45, 2.75) is 23.1 Å². The van der Waals surface area contributed by atoms with Crippen molar-refractivity contribution in [3.63, 3.8) is 0 Å². The van der Waals surface area contributed by atoms with Gasteiger partial charge in [-0.25, -0.2) is 13.1 Å². The van der Waals surface area contributed by atoms with E-state index in [2.05, 4.69) is 21.8 Å². The van der Waals surface area contributed by atoms with Crippen molar-refractivity contribution in [1.82, 2.24) is 9.71 Å². The molecule has 0 radical (unpaired) electrons. The normalized spacial score (nSPS) is 18.2. The summed E-state index contributed by atoms with van der Waals surface area (Å²) in [4.78, 5) is 3.39. The number of para-hydroxylation sites is 1. The summed E-state index contributed by atoms with van der Waals surface area (Å²) in [6.45, 7) is 0. The molecule has 4 rings (SSSR count). The molecular formula is C15H14N2O2S2. The maximum Gasteiger partial charge on any atom is 0.250 e. The molecule has 1 aromatic carbocycles. The lowest BCUT2D eigenvalue weighted by Crippen LogP contribution is -2.35. The van der Waals surface area contributed by atoms with Crippen LogP contribution in [-0.2, 0) is 22.9 Å². The van der Waals surface area contributed by atoms with Gasteiger partial charge in [-0.05, 0) is 29.5 Å². The van der Waals surface area contributed by atoms with Gasteiger partial charge in [-0.3, -0.25) is 0 Å². The largest absolute Gasteiger partial charge is 0.358 e. The predicted molar refractivity (Wildman–Crippen MR) is 84.1 cm³/mol. The van der Waals surface area contributed by atoms with Crippen molar-refractivity contribution in [3.05, 3.63) is 53.0 Å². The van der Waals surface area contributed by atoms with Gasteiger partial charge in [0.15, 0.2) is 0 Å². The monoisotopic (exact) mass is 318 g/mol. The number of nitrogens with one attached hydrogen (secondary N) is 2. The summed E-state index contributed by atoms with van der Waals surface area (Å²) in [5.74, 6) is 0. The second kappa shape index (κ2) is 4.69. The quantitative estimate of drug-likeness (QED) is 0.780. The van der Waals surface area contributed by atoms with Gasteiger partial charge < -0.3 is 4.98 Å². The Bertz CT molecular complexity index is 895. The summed E-state index contributed by atoms with van der Waals surface area (Å²) in [5.41, 5.74) is 3.52. The number of hydrogen-bond acceptors (Lipinski definition) is 3. The number of aromatic amines is 1. The third kappa shape index (κ3) is 2.19. The number of sulfonamides is 1. The van der Waals surface area contributed by atoms with Crippen LogP contribution in [0.5, 0.6) is 0 Å². The molecule has 1 aliphatic carbocycles. The Balaban J connectivity index is 1.60. The zero-order valence-electron chi connectivity index (χ0n) is 11.2. The Hall–Kier alpha value is -1.63. The molecule has 2 heterocycles. The Morgan fingerprint density at radius 1 is 1.14 bits per heavy atom. The maximum atomic E-state index is 12.3. The Labute approximate surface area is 126 Å². The van der Waals surface area contributed by atoms with Crippen molar-refractivity contribution in [3.8, 4) is 0 Å². The van der Waals surface area contributed by atoms with Crippen LogP contribution in [0.3, 0.4) is 0 Å². The zero-order valence-corrected chi connectivity index (χ0v) is 12.8. The van der Waals surface area contributed by atoms with Gasteiger partial charge in [0.1, 0.15) is 4.21 Å². The molecule has 2 N–H and O–H groups in total. The van der Waals surface area contributed by atoms with E-state index in [1.807, 2.05) is 12.1 Å². The highest BCUT2D eigenvalue weighted by Gasteiger charge is 2.29. The topological polar surface area (TPSA) is 62.0 Å². The van der Waals surface area contributed by atoms with Crippen LogP contribution in [0, 0.1) is 0 Å². The molecule has 1 unspecified atom stereocenters. The van der Waals surface area contributed by atoms with Crippen LogP contribution >= 0.6 is 11.3 Å². The first-order valence-electron chi connectivity index (χ1n) is 6.78. The van der Waals surface area contributed by atoms with E-state index < -0.39 is 10.0 Å². The smallest absolute Gasteiger partial charge is 0.250 e. The van der Waals surface area contributed by atoms with Crippen LogP contribution in [0.25, 0.3) is 10.9 Å². The average molecular weight is 318 g/mol. The van der Waals surface area contributed by atoms with Gasteiger partial charge in [-0.15, -0.1) is 11.3 Å². The number of fused-ring (bicyclic) bond motifs is 3. The standard InChI is InChI=1S/C15H14N2O2S2/c18-21(19,15-6-3-7-20-15)17-10-8-12-11-4-1-2-5-13(11)16-14(12)9-10/h1-7,10,16-17H,8-9H2. The summed E-state index contributed by atoms with van der Waals surface area (Å²) < 4.78 is 27.7.